The van der Waals surface area contributed by atoms with Crippen LogP contribution in [0.25, 0.3) is 11.4 Å². The predicted molar refractivity (Wildman–Crippen MR) is 127 cm³/mol. The molecule has 0 unspecified atom stereocenters. The number of rotatable bonds is 9. The number of para-hydroxylation sites is 1. The van der Waals surface area contributed by atoms with Gasteiger partial charge < -0.3 is 15.4 Å². The van der Waals surface area contributed by atoms with Gasteiger partial charge in [-0.15, -0.1) is 10.2 Å². The Balaban J connectivity index is 1.30. The van der Waals surface area contributed by atoms with Gasteiger partial charge >= 0.3 is 0 Å². The largest absolute Gasteiger partial charge is 0.496 e. The van der Waals surface area contributed by atoms with E-state index in [0.717, 1.165) is 5.56 Å². The first kappa shape index (κ1) is 23.6. The molecule has 9 nitrogen and oxygen atoms in total. The lowest BCUT2D eigenvalue weighted by molar-refractivity contribution is -0.122. The summed E-state index contributed by atoms with van der Waals surface area (Å²) in [5.74, 6) is 0.00176. The fourth-order valence-corrected chi connectivity index (χ4v) is 3.34. The third-order valence-electron chi connectivity index (χ3n) is 5.14. The smallest absolute Gasteiger partial charge is 0.259 e. The summed E-state index contributed by atoms with van der Waals surface area (Å²) in [6, 6.07) is 20.1. The highest BCUT2D eigenvalue weighted by atomic mass is 19.1. The second-order valence-corrected chi connectivity index (χ2v) is 7.60. The molecule has 0 spiro atoms. The van der Waals surface area contributed by atoms with Gasteiger partial charge in [-0.1, -0.05) is 24.3 Å². The number of ether oxygens (including phenoxy) is 1. The summed E-state index contributed by atoms with van der Waals surface area (Å²) in [7, 11) is 1.51. The van der Waals surface area contributed by atoms with E-state index in [0.29, 0.717) is 41.4 Å². The van der Waals surface area contributed by atoms with Crippen molar-refractivity contribution in [2.24, 2.45) is 0 Å². The monoisotopic (exact) mass is 474 g/mol. The average Bonchev–Trinajstić information content (AvgIpc) is 3.34. The zero-order valence-corrected chi connectivity index (χ0v) is 18.9. The first-order chi connectivity index (χ1) is 17.0. The molecule has 0 radical (unpaired) electrons. The highest BCUT2D eigenvalue weighted by molar-refractivity contribution is 6.06. The molecule has 3 aromatic carbocycles. The van der Waals surface area contributed by atoms with Gasteiger partial charge in [0.2, 0.25) is 11.7 Å². The fraction of sp³-hybridized carbons (Fsp3) is 0.160. The number of tetrazole rings is 1. The minimum absolute atomic E-state index is 0.0799. The molecule has 1 aromatic heterocycles. The molecule has 2 N–H and O–H groups in total. The van der Waals surface area contributed by atoms with Crippen LogP contribution in [-0.4, -0.2) is 45.7 Å². The molecule has 0 fully saturated rings. The topological polar surface area (TPSA) is 111 Å². The van der Waals surface area contributed by atoms with Crippen molar-refractivity contribution in [3.05, 3.63) is 89.7 Å². The van der Waals surface area contributed by atoms with Crippen molar-refractivity contribution in [3.8, 4) is 17.1 Å². The van der Waals surface area contributed by atoms with E-state index >= 15 is 0 Å². The maximum Gasteiger partial charge on any atom is 0.259 e. The van der Waals surface area contributed by atoms with Gasteiger partial charge in [0, 0.05) is 17.8 Å². The molecule has 1 heterocycles. The van der Waals surface area contributed by atoms with Crippen LogP contribution in [0.5, 0.6) is 5.75 Å². The summed E-state index contributed by atoms with van der Waals surface area (Å²) in [4.78, 5) is 25.9. The Kier molecular flexibility index (Phi) is 7.41. The average molecular weight is 474 g/mol. The third kappa shape index (κ3) is 6.26. The summed E-state index contributed by atoms with van der Waals surface area (Å²) < 4.78 is 18.2. The standard InChI is InChI=1S/C25H23FN6O3/c1-35-22-5-3-2-4-21(22)25(34)28-20-12-8-18(9-13-20)24-29-31-32(30-24)16-23(33)27-15-14-17-6-10-19(26)11-7-17/h2-13H,14-16H2,1H3,(H,27,33)(H,28,34). The molecule has 0 atom stereocenters. The zero-order chi connectivity index (χ0) is 24.6. The number of carbonyl (C=O) groups is 2. The Morgan fingerprint density at radius 2 is 1.74 bits per heavy atom. The van der Waals surface area contributed by atoms with E-state index in [1.54, 1.807) is 60.7 Å². The van der Waals surface area contributed by atoms with Crippen molar-refractivity contribution >= 4 is 17.5 Å². The normalized spacial score (nSPS) is 10.6. The van der Waals surface area contributed by atoms with Crippen molar-refractivity contribution in [1.29, 1.82) is 0 Å². The van der Waals surface area contributed by atoms with Crippen LogP contribution in [0.2, 0.25) is 0 Å². The third-order valence-corrected chi connectivity index (χ3v) is 5.14. The van der Waals surface area contributed by atoms with E-state index in [1.165, 1.54) is 24.0 Å². The molecule has 0 saturated carbocycles. The van der Waals surface area contributed by atoms with Crippen LogP contribution in [0.15, 0.2) is 72.8 Å². The van der Waals surface area contributed by atoms with E-state index in [9.17, 15) is 14.0 Å². The van der Waals surface area contributed by atoms with Crippen LogP contribution in [0.3, 0.4) is 0 Å². The summed E-state index contributed by atoms with van der Waals surface area (Å²) in [6.07, 6.45) is 0.585. The second kappa shape index (κ2) is 11.0. The lowest BCUT2D eigenvalue weighted by Crippen LogP contribution is -2.30. The van der Waals surface area contributed by atoms with Gasteiger partial charge in [-0.3, -0.25) is 9.59 Å². The number of benzene rings is 3. The SMILES string of the molecule is COc1ccccc1C(=O)Nc1ccc(-c2nnn(CC(=O)NCCc3ccc(F)cc3)n2)cc1. The number of nitrogens with zero attached hydrogens (tertiary/aromatic N) is 4. The van der Waals surface area contributed by atoms with Crippen LogP contribution in [0.4, 0.5) is 10.1 Å². The Bertz CT molecular complexity index is 1310. The van der Waals surface area contributed by atoms with Crippen molar-refractivity contribution in [1.82, 2.24) is 25.5 Å². The lowest BCUT2D eigenvalue weighted by Gasteiger charge is -2.09. The number of hydrogen-bond acceptors (Lipinski definition) is 6. The Hall–Kier alpha value is -4.60. The van der Waals surface area contributed by atoms with Crippen molar-refractivity contribution in [2.45, 2.75) is 13.0 Å². The molecule has 4 rings (SSSR count). The Morgan fingerprint density at radius 1 is 1.00 bits per heavy atom. The predicted octanol–water partition coefficient (Wildman–Crippen LogP) is 3.10. The number of hydrogen-bond donors (Lipinski definition) is 2. The molecule has 0 aliphatic heterocycles. The number of aromatic nitrogens is 4. The minimum atomic E-state index is -0.293. The number of amides is 2. The van der Waals surface area contributed by atoms with Gasteiger partial charge in [0.1, 0.15) is 18.1 Å². The van der Waals surface area contributed by atoms with Gasteiger partial charge in [0.25, 0.3) is 5.91 Å². The van der Waals surface area contributed by atoms with Crippen LogP contribution < -0.4 is 15.4 Å². The highest BCUT2D eigenvalue weighted by Crippen LogP contribution is 2.21. The molecule has 0 aliphatic rings. The Morgan fingerprint density at radius 3 is 2.49 bits per heavy atom. The van der Waals surface area contributed by atoms with E-state index in [1.807, 2.05) is 0 Å². The first-order valence-electron chi connectivity index (χ1n) is 10.9. The lowest BCUT2D eigenvalue weighted by atomic mass is 10.1. The van der Waals surface area contributed by atoms with Gasteiger partial charge in [-0.2, -0.15) is 4.80 Å². The number of methoxy groups -OCH3 is 1. The molecular formula is C25H23FN6O3. The molecule has 4 aromatic rings. The summed E-state index contributed by atoms with van der Waals surface area (Å²) in [5.41, 5.74) is 2.64. The van der Waals surface area contributed by atoms with Gasteiger partial charge in [-0.05, 0) is 65.7 Å². The van der Waals surface area contributed by atoms with Crippen molar-refractivity contribution in [3.63, 3.8) is 0 Å². The summed E-state index contributed by atoms with van der Waals surface area (Å²) >= 11 is 0. The van der Waals surface area contributed by atoms with Gasteiger partial charge in [-0.25, -0.2) is 4.39 Å². The summed E-state index contributed by atoms with van der Waals surface area (Å²) in [6.45, 7) is 0.331. The Labute approximate surface area is 200 Å². The molecule has 0 saturated heterocycles. The number of anilines is 1. The zero-order valence-electron chi connectivity index (χ0n) is 18.9. The molecule has 0 bridgehead atoms. The molecule has 0 aliphatic carbocycles. The molecule has 178 valence electrons. The van der Waals surface area contributed by atoms with Crippen LogP contribution >= 0.6 is 0 Å². The first-order valence-corrected chi connectivity index (χ1v) is 10.9. The second-order valence-electron chi connectivity index (χ2n) is 7.60. The minimum Gasteiger partial charge on any atom is -0.496 e. The molecular weight excluding hydrogens is 451 g/mol. The number of nitrogens with one attached hydrogen (secondary N) is 2. The van der Waals surface area contributed by atoms with Gasteiger partial charge in [0.05, 0.1) is 12.7 Å². The van der Waals surface area contributed by atoms with Crippen LogP contribution in [0, 0.1) is 5.82 Å². The maximum atomic E-state index is 13.0. The highest BCUT2D eigenvalue weighted by Gasteiger charge is 2.13. The van der Waals surface area contributed by atoms with Crippen LogP contribution in [-0.2, 0) is 17.8 Å². The van der Waals surface area contributed by atoms with E-state index in [-0.39, 0.29) is 24.2 Å². The molecule has 10 heteroatoms. The van der Waals surface area contributed by atoms with Crippen molar-refractivity contribution in [2.75, 3.05) is 19.0 Å². The van der Waals surface area contributed by atoms with Crippen LogP contribution in [0.1, 0.15) is 15.9 Å². The summed E-state index contributed by atoms with van der Waals surface area (Å²) in [5, 5.41) is 17.8. The van der Waals surface area contributed by atoms with Gasteiger partial charge in [0.15, 0.2) is 0 Å². The van der Waals surface area contributed by atoms with E-state index in [4.69, 9.17) is 4.74 Å². The number of halogens is 1. The van der Waals surface area contributed by atoms with Crippen molar-refractivity contribution < 1.29 is 18.7 Å². The fourth-order valence-electron chi connectivity index (χ4n) is 3.34. The number of carbonyl (C=O) groups excluding carboxylic acids is 2. The van der Waals surface area contributed by atoms with E-state index < -0.39 is 0 Å². The quantitative estimate of drug-likeness (QED) is 0.386. The van der Waals surface area contributed by atoms with E-state index in [2.05, 4.69) is 26.0 Å². The molecule has 35 heavy (non-hydrogen) atoms. The molecule has 2 amide bonds. The maximum absolute atomic E-state index is 13.0.